The quantitative estimate of drug-likeness (QED) is 0.560. The summed E-state index contributed by atoms with van der Waals surface area (Å²) in [5.41, 5.74) is 1.98. The van der Waals surface area contributed by atoms with Crippen LogP contribution < -0.4 is 5.32 Å². The zero-order valence-corrected chi connectivity index (χ0v) is 8.71. The predicted octanol–water partition coefficient (Wildman–Crippen LogP) is 0.459. The lowest BCUT2D eigenvalue weighted by molar-refractivity contribution is 0.293. The average Bonchev–Trinajstić information content (AvgIpc) is 2.49. The molecule has 80 valence electrons. The number of nitrogens with zero attached hydrogens (tertiary/aromatic N) is 1. The lowest BCUT2D eigenvalue weighted by atomic mass is 10.1. The maximum atomic E-state index is 8.53. The maximum Gasteiger partial charge on any atom is 0.0555 e. The van der Waals surface area contributed by atoms with E-state index in [0.29, 0.717) is 6.54 Å². The monoisotopic (exact) mass is 197 g/mol. The number of hydrogen-bond acceptors (Lipinski definition) is 4. The summed E-state index contributed by atoms with van der Waals surface area (Å²) >= 11 is 0. The van der Waals surface area contributed by atoms with Crippen molar-refractivity contribution in [3.05, 3.63) is 0 Å². The molecule has 4 heteroatoms. The lowest BCUT2D eigenvalue weighted by Crippen LogP contribution is -2.22. The third-order valence-corrected chi connectivity index (χ3v) is 2.57. The van der Waals surface area contributed by atoms with Crippen LogP contribution in [-0.2, 0) is 0 Å². The fourth-order valence-corrected chi connectivity index (χ4v) is 1.60. The van der Waals surface area contributed by atoms with E-state index in [0.717, 1.165) is 31.6 Å². The second kappa shape index (κ2) is 5.88. The summed E-state index contributed by atoms with van der Waals surface area (Å²) in [6, 6.07) is 0. The molecule has 0 radical (unpaired) electrons. The van der Waals surface area contributed by atoms with Crippen molar-refractivity contribution in [2.75, 3.05) is 26.2 Å². The molecule has 0 aromatic rings. The molecule has 1 atom stereocenters. The molecule has 1 aliphatic carbocycles. The summed E-state index contributed by atoms with van der Waals surface area (Å²) in [5, 5.41) is 19.2. The Morgan fingerprint density at radius 1 is 1.50 bits per heavy atom. The fourth-order valence-electron chi connectivity index (χ4n) is 1.60. The zero-order valence-electron chi connectivity index (χ0n) is 8.71. The van der Waals surface area contributed by atoms with Crippen LogP contribution in [0.1, 0.15) is 19.8 Å². The Balaban J connectivity index is 2.21. The van der Waals surface area contributed by atoms with Crippen molar-refractivity contribution in [1.82, 2.24) is 5.32 Å². The summed E-state index contributed by atoms with van der Waals surface area (Å²) in [7, 11) is 0. The molecule has 14 heavy (non-hydrogen) atoms. The van der Waals surface area contributed by atoms with E-state index in [1.165, 1.54) is 5.71 Å². The van der Waals surface area contributed by atoms with E-state index in [1.54, 1.807) is 0 Å². The zero-order chi connectivity index (χ0) is 10.4. The number of nitrogens with one attached hydrogen (secondary N) is 2. The van der Waals surface area contributed by atoms with E-state index >= 15 is 0 Å². The summed E-state index contributed by atoms with van der Waals surface area (Å²) in [5.74, 6) is 0.257. The van der Waals surface area contributed by atoms with Gasteiger partial charge in [-0.15, -0.1) is 0 Å². The molecule has 0 heterocycles. The van der Waals surface area contributed by atoms with E-state index in [4.69, 9.17) is 10.5 Å². The molecule has 1 rings (SSSR count). The van der Waals surface area contributed by atoms with Crippen molar-refractivity contribution in [3.63, 3.8) is 0 Å². The van der Waals surface area contributed by atoms with E-state index in [9.17, 15) is 0 Å². The molecule has 0 spiro atoms. The Morgan fingerprint density at radius 3 is 2.86 bits per heavy atom. The van der Waals surface area contributed by atoms with Crippen LogP contribution >= 0.6 is 0 Å². The Kier molecular flexibility index (Phi) is 4.76. The minimum atomic E-state index is 0.178. The third-order valence-electron chi connectivity index (χ3n) is 2.57. The molecule has 0 amide bonds. The topological polar surface area (TPSA) is 68.5 Å². The maximum absolute atomic E-state index is 8.53. The van der Waals surface area contributed by atoms with Gasteiger partial charge in [-0.2, -0.15) is 0 Å². The highest BCUT2D eigenvalue weighted by molar-refractivity contribution is 6.11. The molecule has 1 unspecified atom stereocenters. The van der Waals surface area contributed by atoms with Crippen LogP contribution in [0.25, 0.3) is 0 Å². The molecule has 1 aliphatic rings. The smallest absolute Gasteiger partial charge is 0.0555 e. The van der Waals surface area contributed by atoms with Crippen LogP contribution in [0, 0.1) is 11.3 Å². The first-order chi connectivity index (χ1) is 6.75. The second-order valence-corrected chi connectivity index (χ2v) is 3.59. The van der Waals surface area contributed by atoms with Gasteiger partial charge in [0, 0.05) is 30.4 Å². The Morgan fingerprint density at radius 2 is 2.29 bits per heavy atom. The van der Waals surface area contributed by atoms with Gasteiger partial charge in [-0.1, -0.05) is 6.92 Å². The standard InChI is InChI=1S/C10H19N3O/c1-8-9(11)2-3-10(8)13-5-4-12-6-7-14/h8,11-12,14H,2-7H2,1H3. The first-order valence-electron chi connectivity index (χ1n) is 5.17. The summed E-state index contributed by atoms with van der Waals surface area (Å²) < 4.78 is 0. The second-order valence-electron chi connectivity index (χ2n) is 3.59. The molecule has 0 saturated heterocycles. The van der Waals surface area contributed by atoms with Gasteiger partial charge in [-0.05, 0) is 12.8 Å². The van der Waals surface area contributed by atoms with Crippen molar-refractivity contribution in [3.8, 4) is 0 Å². The summed E-state index contributed by atoms with van der Waals surface area (Å²) in [6.45, 7) is 4.43. The van der Waals surface area contributed by atoms with Crippen molar-refractivity contribution in [2.24, 2.45) is 10.9 Å². The SMILES string of the molecule is CC1C(=N)CCC1=NCCNCCO. The first-order valence-corrected chi connectivity index (χ1v) is 5.17. The average molecular weight is 197 g/mol. The predicted molar refractivity (Wildman–Crippen MR) is 58.4 cm³/mol. The number of hydrogen-bond donors (Lipinski definition) is 3. The molecule has 0 bridgehead atoms. The van der Waals surface area contributed by atoms with Gasteiger partial charge in [0.25, 0.3) is 0 Å². The van der Waals surface area contributed by atoms with E-state index in [2.05, 4.69) is 17.2 Å². The lowest BCUT2D eigenvalue weighted by Gasteiger charge is -2.04. The minimum absolute atomic E-state index is 0.178. The highest BCUT2D eigenvalue weighted by Crippen LogP contribution is 2.18. The molecule has 4 nitrogen and oxygen atoms in total. The molecule has 1 saturated carbocycles. The number of aliphatic imine (C=N–C) groups is 1. The Bertz CT molecular complexity index is 225. The van der Waals surface area contributed by atoms with E-state index < -0.39 is 0 Å². The van der Waals surface area contributed by atoms with Gasteiger partial charge < -0.3 is 15.8 Å². The Labute approximate surface area is 84.9 Å². The molecule has 0 aliphatic heterocycles. The van der Waals surface area contributed by atoms with Gasteiger partial charge in [0.05, 0.1) is 13.2 Å². The fraction of sp³-hybridized carbons (Fsp3) is 0.800. The summed E-state index contributed by atoms with van der Waals surface area (Å²) in [4.78, 5) is 4.46. The molecular weight excluding hydrogens is 178 g/mol. The van der Waals surface area contributed by atoms with Gasteiger partial charge >= 0.3 is 0 Å². The molecular formula is C10H19N3O. The van der Waals surface area contributed by atoms with E-state index in [1.807, 2.05) is 0 Å². The normalized spacial score (nSPS) is 24.9. The highest BCUT2D eigenvalue weighted by Gasteiger charge is 2.22. The van der Waals surface area contributed by atoms with Crippen molar-refractivity contribution >= 4 is 11.4 Å². The van der Waals surface area contributed by atoms with Crippen LogP contribution in [-0.4, -0.2) is 42.8 Å². The number of rotatable bonds is 5. The van der Waals surface area contributed by atoms with Crippen molar-refractivity contribution < 1.29 is 5.11 Å². The molecule has 3 N–H and O–H groups in total. The molecule has 1 fully saturated rings. The van der Waals surface area contributed by atoms with Crippen LogP contribution in [0.4, 0.5) is 0 Å². The van der Waals surface area contributed by atoms with Crippen molar-refractivity contribution in [2.45, 2.75) is 19.8 Å². The molecule has 0 aromatic carbocycles. The highest BCUT2D eigenvalue weighted by atomic mass is 16.3. The van der Waals surface area contributed by atoms with Crippen LogP contribution in [0.5, 0.6) is 0 Å². The van der Waals surface area contributed by atoms with Gasteiger partial charge in [0.2, 0.25) is 0 Å². The van der Waals surface area contributed by atoms with Crippen LogP contribution in [0.2, 0.25) is 0 Å². The summed E-state index contributed by atoms with van der Waals surface area (Å²) in [6.07, 6.45) is 1.84. The van der Waals surface area contributed by atoms with Crippen LogP contribution in [0.3, 0.4) is 0 Å². The Hall–Kier alpha value is -0.740. The van der Waals surface area contributed by atoms with Gasteiger partial charge in [0.1, 0.15) is 0 Å². The van der Waals surface area contributed by atoms with Crippen molar-refractivity contribution in [1.29, 1.82) is 5.41 Å². The first kappa shape index (κ1) is 11.3. The molecule has 0 aromatic heterocycles. The van der Waals surface area contributed by atoms with Gasteiger partial charge in [-0.3, -0.25) is 4.99 Å². The van der Waals surface area contributed by atoms with Gasteiger partial charge in [0.15, 0.2) is 0 Å². The largest absolute Gasteiger partial charge is 0.395 e. The minimum Gasteiger partial charge on any atom is -0.395 e. The van der Waals surface area contributed by atoms with Crippen LogP contribution in [0.15, 0.2) is 4.99 Å². The number of aliphatic hydroxyl groups is 1. The van der Waals surface area contributed by atoms with E-state index in [-0.39, 0.29) is 12.5 Å². The van der Waals surface area contributed by atoms with Gasteiger partial charge in [-0.25, -0.2) is 0 Å². The number of aliphatic hydroxyl groups excluding tert-OH is 1. The third kappa shape index (κ3) is 3.20.